The van der Waals surface area contributed by atoms with Gasteiger partial charge in [-0.1, -0.05) is 25.6 Å². The molecule has 0 aliphatic heterocycles. The molecule has 1 amide bonds. The lowest BCUT2D eigenvalue weighted by molar-refractivity contribution is -0.120. The van der Waals surface area contributed by atoms with Crippen LogP contribution >= 0.6 is 11.8 Å². The standard InChI is InChI=1S/C14H20N4O3S/c1-10(2)6-20-7-11(12-4-3-5-21-12)17-13(19)8-22-14-15-9-16-18-14/h3-5,9-11H,6-8H2,1-2H3,(H,17,19)(H,15,16,18). The Morgan fingerprint density at radius 3 is 3.00 bits per heavy atom. The van der Waals surface area contributed by atoms with Crippen LogP contribution in [0.2, 0.25) is 0 Å². The fourth-order valence-corrected chi connectivity index (χ4v) is 2.33. The molecule has 0 aliphatic rings. The number of hydrogen-bond acceptors (Lipinski definition) is 6. The Morgan fingerprint density at radius 2 is 2.36 bits per heavy atom. The summed E-state index contributed by atoms with van der Waals surface area (Å²) >= 11 is 1.29. The molecule has 7 nitrogen and oxygen atoms in total. The van der Waals surface area contributed by atoms with Crippen LogP contribution in [0.5, 0.6) is 0 Å². The third-order valence-electron chi connectivity index (χ3n) is 2.69. The maximum absolute atomic E-state index is 12.0. The predicted octanol–water partition coefficient (Wildman–Crippen LogP) is 2.02. The summed E-state index contributed by atoms with van der Waals surface area (Å²) in [6.07, 6.45) is 2.99. The lowest BCUT2D eigenvalue weighted by Gasteiger charge is -2.17. The van der Waals surface area contributed by atoms with Crippen molar-refractivity contribution in [2.45, 2.75) is 25.0 Å². The van der Waals surface area contributed by atoms with E-state index in [1.807, 2.05) is 6.07 Å². The molecule has 1 unspecified atom stereocenters. The third kappa shape index (κ3) is 5.53. The van der Waals surface area contributed by atoms with Gasteiger partial charge in [-0.15, -0.1) is 0 Å². The van der Waals surface area contributed by atoms with Gasteiger partial charge in [0.2, 0.25) is 5.91 Å². The van der Waals surface area contributed by atoms with Crippen molar-refractivity contribution in [3.63, 3.8) is 0 Å². The van der Waals surface area contributed by atoms with Crippen molar-refractivity contribution in [2.75, 3.05) is 19.0 Å². The van der Waals surface area contributed by atoms with E-state index in [4.69, 9.17) is 9.15 Å². The number of thioether (sulfide) groups is 1. The van der Waals surface area contributed by atoms with Crippen LogP contribution in [0.3, 0.4) is 0 Å². The van der Waals surface area contributed by atoms with E-state index in [9.17, 15) is 4.79 Å². The van der Waals surface area contributed by atoms with E-state index in [1.54, 1.807) is 12.3 Å². The number of aromatic amines is 1. The van der Waals surface area contributed by atoms with E-state index in [2.05, 4.69) is 34.3 Å². The van der Waals surface area contributed by atoms with Crippen molar-refractivity contribution in [1.82, 2.24) is 20.5 Å². The van der Waals surface area contributed by atoms with Crippen LogP contribution < -0.4 is 5.32 Å². The zero-order chi connectivity index (χ0) is 15.8. The molecule has 120 valence electrons. The maximum Gasteiger partial charge on any atom is 0.231 e. The number of carbonyl (C=O) groups excluding carboxylic acids is 1. The molecule has 0 saturated heterocycles. The first-order valence-electron chi connectivity index (χ1n) is 7.04. The first-order chi connectivity index (χ1) is 10.6. The van der Waals surface area contributed by atoms with Gasteiger partial charge in [0, 0.05) is 6.61 Å². The number of aromatic nitrogens is 3. The molecule has 0 spiro atoms. The second-order valence-electron chi connectivity index (χ2n) is 5.15. The van der Waals surface area contributed by atoms with Crippen molar-refractivity contribution in [1.29, 1.82) is 0 Å². The Kier molecular flexibility index (Phi) is 6.47. The molecule has 2 heterocycles. The van der Waals surface area contributed by atoms with Crippen LogP contribution in [0.1, 0.15) is 25.6 Å². The van der Waals surface area contributed by atoms with Gasteiger partial charge in [0.05, 0.1) is 18.6 Å². The zero-order valence-corrected chi connectivity index (χ0v) is 13.4. The number of rotatable bonds is 9. The molecule has 0 aliphatic carbocycles. The summed E-state index contributed by atoms with van der Waals surface area (Å²) in [5.41, 5.74) is 0. The minimum Gasteiger partial charge on any atom is -0.467 e. The molecule has 2 N–H and O–H groups in total. The molecule has 2 aromatic rings. The van der Waals surface area contributed by atoms with Crippen molar-refractivity contribution in [3.05, 3.63) is 30.5 Å². The first kappa shape index (κ1) is 16.6. The number of nitrogens with zero attached hydrogens (tertiary/aromatic N) is 2. The average Bonchev–Trinajstić information content (AvgIpc) is 3.17. The summed E-state index contributed by atoms with van der Waals surface area (Å²) in [6.45, 7) is 5.17. The van der Waals surface area contributed by atoms with E-state index in [1.165, 1.54) is 18.1 Å². The normalized spacial score (nSPS) is 12.5. The predicted molar refractivity (Wildman–Crippen MR) is 82.4 cm³/mol. The zero-order valence-electron chi connectivity index (χ0n) is 12.6. The number of nitrogens with one attached hydrogen (secondary N) is 2. The summed E-state index contributed by atoms with van der Waals surface area (Å²) in [6, 6.07) is 3.32. The van der Waals surface area contributed by atoms with Gasteiger partial charge >= 0.3 is 0 Å². The Balaban J connectivity index is 1.84. The minimum absolute atomic E-state index is 0.115. The van der Waals surface area contributed by atoms with Gasteiger partial charge in [-0.3, -0.25) is 9.89 Å². The molecule has 22 heavy (non-hydrogen) atoms. The molecule has 0 bridgehead atoms. The summed E-state index contributed by atoms with van der Waals surface area (Å²) in [5, 5.41) is 9.96. The van der Waals surface area contributed by atoms with Crippen LogP contribution in [0, 0.1) is 5.92 Å². The highest BCUT2D eigenvalue weighted by molar-refractivity contribution is 7.99. The highest BCUT2D eigenvalue weighted by atomic mass is 32.2. The number of amides is 1. The van der Waals surface area contributed by atoms with Crippen molar-refractivity contribution < 1.29 is 13.9 Å². The fraction of sp³-hybridized carbons (Fsp3) is 0.500. The highest BCUT2D eigenvalue weighted by Gasteiger charge is 2.18. The van der Waals surface area contributed by atoms with Crippen molar-refractivity contribution >= 4 is 17.7 Å². The van der Waals surface area contributed by atoms with Crippen LogP contribution in [0.4, 0.5) is 0 Å². The van der Waals surface area contributed by atoms with Gasteiger partial charge in [0.15, 0.2) is 5.16 Å². The SMILES string of the molecule is CC(C)COCC(NC(=O)CSc1ncn[nH]1)c1ccco1. The lowest BCUT2D eigenvalue weighted by Crippen LogP contribution is -2.33. The van der Waals surface area contributed by atoms with Gasteiger partial charge in [-0.2, -0.15) is 5.10 Å². The van der Waals surface area contributed by atoms with E-state index in [0.717, 1.165) is 0 Å². The Labute approximate surface area is 133 Å². The van der Waals surface area contributed by atoms with Crippen molar-refractivity contribution in [2.24, 2.45) is 5.92 Å². The van der Waals surface area contributed by atoms with E-state index < -0.39 is 0 Å². The first-order valence-corrected chi connectivity index (χ1v) is 8.02. The quantitative estimate of drug-likeness (QED) is 0.686. The smallest absolute Gasteiger partial charge is 0.231 e. The Hall–Kier alpha value is -1.80. The van der Waals surface area contributed by atoms with Gasteiger partial charge < -0.3 is 14.5 Å². The second-order valence-corrected chi connectivity index (χ2v) is 6.11. The molecule has 0 fully saturated rings. The molecule has 1 atom stereocenters. The molecule has 2 rings (SSSR count). The van der Waals surface area contributed by atoms with Gasteiger partial charge in [0.1, 0.15) is 18.1 Å². The lowest BCUT2D eigenvalue weighted by atomic mass is 10.2. The number of carbonyl (C=O) groups is 1. The number of ether oxygens (including phenoxy) is 1. The molecule has 8 heteroatoms. The minimum atomic E-state index is -0.295. The fourth-order valence-electron chi connectivity index (χ4n) is 1.74. The molecule has 0 radical (unpaired) electrons. The Bertz CT molecular complexity index is 542. The van der Waals surface area contributed by atoms with E-state index >= 15 is 0 Å². The van der Waals surface area contributed by atoms with Crippen LogP contribution in [-0.2, 0) is 9.53 Å². The highest BCUT2D eigenvalue weighted by Crippen LogP contribution is 2.16. The largest absolute Gasteiger partial charge is 0.467 e. The maximum atomic E-state index is 12.0. The Morgan fingerprint density at radius 1 is 1.50 bits per heavy atom. The molecule has 2 aromatic heterocycles. The molecule has 0 aromatic carbocycles. The summed E-state index contributed by atoms with van der Waals surface area (Å²) in [4.78, 5) is 16.0. The van der Waals surface area contributed by atoms with Gasteiger partial charge in [0.25, 0.3) is 0 Å². The van der Waals surface area contributed by atoms with Gasteiger partial charge in [-0.25, -0.2) is 4.98 Å². The van der Waals surface area contributed by atoms with Crippen LogP contribution in [0.15, 0.2) is 34.3 Å². The number of H-pyrrole nitrogens is 1. The number of furan rings is 1. The van der Waals surface area contributed by atoms with E-state index in [0.29, 0.717) is 30.0 Å². The summed E-state index contributed by atoms with van der Waals surface area (Å²) in [5.74, 6) is 1.25. The number of hydrogen-bond donors (Lipinski definition) is 2. The molecule has 0 saturated carbocycles. The van der Waals surface area contributed by atoms with Crippen LogP contribution in [-0.4, -0.2) is 40.1 Å². The van der Waals surface area contributed by atoms with Crippen LogP contribution in [0.25, 0.3) is 0 Å². The third-order valence-corrected chi connectivity index (χ3v) is 3.57. The van der Waals surface area contributed by atoms with E-state index in [-0.39, 0.29) is 17.7 Å². The average molecular weight is 324 g/mol. The van der Waals surface area contributed by atoms with Crippen molar-refractivity contribution in [3.8, 4) is 0 Å². The summed E-state index contributed by atoms with van der Waals surface area (Å²) < 4.78 is 11.0. The summed E-state index contributed by atoms with van der Waals surface area (Å²) in [7, 11) is 0. The molecular formula is C14H20N4O3S. The topological polar surface area (TPSA) is 93.0 Å². The molecular weight excluding hydrogens is 304 g/mol. The second kappa shape index (κ2) is 8.60. The van der Waals surface area contributed by atoms with Gasteiger partial charge in [-0.05, 0) is 18.1 Å². The monoisotopic (exact) mass is 324 g/mol.